The molecule has 0 aromatic carbocycles. The van der Waals surface area contributed by atoms with Crippen LogP contribution in [0.5, 0.6) is 0 Å². The van der Waals surface area contributed by atoms with Gasteiger partial charge in [0.05, 0.1) is 6.61 Å². The minimum absolute atomic E-state index is 0.0766. The first-order chi connectivity index (χ1) is 10.3. The largest absolute Gasteiger partial charge is 0.395 e. The Morgan fingerprint density at radius 3 is 1.81 bits per heavy atom. The fraction of sp³-hybridized carbons (Fsp3) is 0.944. The van der Waals surface area contributed by atoms with Gasteiger partial charge in [0.2, 0.25) is 5.91 Å². The number of aliphatic hydroxyl groups excluding tert-OH is 1. The molecule has 0 heterocycles. The van der Waals surface area contributed by atoms with Crippen molar-refractivity contribution in [3.8, 4) is 0 Å². The summed E-state index contributed by atoms with van der Waals surface area (Å²) in [6.45, 7) is 5.75. The molecule has 0 spiro atoms. The highest BCUT2D eigenvalue weighted by atomic mass is 16.3. The summed E-state index contributed by atoms with van der Waals surface area (Å²) in [4.78, 5) is 13.9. The topological polar surface area (TPSA) is 40.5 Å². The van der Waals surface area contributed by atoms with Crippen LogP contribution in [-0.4, -0.2) is 35.6 Å². The van der Waals surface area contributed by atoms with E-state index >= 15 is 0 Å². The van der Waals surface area contributed by atoms with Crippen LogP contribution >= 0.6 is 0 Å². The molecular formula is C18H37NO2. The summed E-state index contributed by atoms with van der Waals surface area (Å²) >= 11 is 0. The van der Waals surface area contributed by atoms with Crippen molar-refractivity contribution in [1.82, 2.24) is 4.90 Å². The third kappa shape index (κ3) is 12.9. The molecular weight excluding hydrogens is 262 g/mol. The molecule has 0 aliphatic rings. The summed E-state index contributed by atoms with van der Waals surface area (Å²) in [5.74, 6) is 0.223. The van der Waals surface area contributed by atoms with Gasteiger partial charge in [0, 0.05) is 19.5 Å². The molecule has 21 heavy (non-hydrogen) atoms. The first-order valence-corrected chi connectivity index (χ1v) is 9.14. The molecule has 0 fully saturated rings. The number of carbonyl (C=O) groups is 1. The van der Waals surface area contributed by atoms with Crippen LogP contribution in [0.3, 0.4) is 0 Å². The zero-order valence-corrected chi connectivity index (χ0v) is 14.4. The summed E-state index contributed by atoms with van der Waals surface area (Å²) in [7, 11) is 0. The lowest BCUT2D eigenvalue weighted by molar-refractivity contribution is -0.131. The van der Waals surface area contributed by atoms with E-state index in [1.165, 1.54) is 51.4 Å². The molecule has 1 N–H and O–H groups in total. The monoisotopic (exact) mass is 299 g/mol. The zero-order valence-electron chi connectivity index (χ0n) is 14.4. The lowest BCUT2D eigenvalue weighted by Crippen LogP contribution is -2.34. The molecule has 0 aliphatic carbocycles. The average molecular weight is 299 g/mol. The third-order valence-corrected chi connectivity index (χ3v) is 4.00. The quantitative estimate of drug-likeness (QED) is 0.451. The molecule has 0 aromatic rings. The van der Waals surface area contributed by atoms with E-state index in [4.69, 9.17) is 5.11 Å². The Kier molecular flexibility index (Phi) is 15.4. The van der Waals surface area contributed by atoms with E-state index in [1.807, 2.05) is 4.90 Å². The highest BCUT2D eigenvalue weighted by Crippen LogP contribution is 2.11. The van der Waals surface area contributed by atoms with Crippen LogP contribution in [0.15, 0.2) is 0 Å². The van der Waals surface area contributed by atoms with Crippen LogP contribution in [0.25, 0.3) is 0 Å². The van der Waals surface area contributed by atoms with Gasteiger partial charge < -0.3 is 10.0 Å². The van der Waals surface area contributed by atoms with Crippen molar-refractivity contribution >= 4 is 5.91 Å². The Labute approximate surface area is 132 Å². The Balaban J connectivity index is 3.53. The predicted octanol–water partition coefficient (Wildman–Crippen LogP) is 4.53. The second-order valence-electron chi connectivity index (χ2n) is 6.04. The first kappa shape index (κ1) is 20.4. The SMILES string of the molecule is CCCCCCCCCCCC(=O)N(CCO)CCCC. The van der Waals surface area contributed by atoms with Gasteiger partial charge in [-0.2, -0.15) is 0 Å². The maximum atomic E-state index is 12.1. The highest BCUT2D eigenvalue weighted by Gasteiger charge is 2.11. The average Bonchev–Trinajstić information content (AvgIpc) is 2.49. The third-order valence-electron chi connectivity index (χ3n) is 4.00. The lowest BCUT2D eigenvalue weighted by atomic mass is 10.1. The van der Waals surface area contributed by atoms with E-state index in [0.29, 0.717) is 13.0 Å². The van der Waals surface area contributed by atoms with Crippen molar-refractivity contribution in [2.75, 3.05) is 19.7 Å². The highest BCUT2D eigenvalue weighted by molar-refractivity contribution is 5.76. The summed E-state index contributed by atoms with van der Waals surface area (Å²) in [6, 6.07) is 0. The van der Waals surface area contributed by atoms with E-state index in [9.17, 15) is 4.79 Å². The smallest absolute Gasteiger partial charge is 0.222 e. The number of aliphatic hydroxyl groups is 1. The van der Waals surface area contributed by atoms with Gasteiger partial charge in [0.15, 0.2) is 0 Å². The maximum absolute atomic E-state index is 12.1. The molecule has 0 rings (SSSR count). The van der Waals surface area contributed by atoms with E-state index in [2.05, 4.69) is 13.8 Å². The minimum Gasteiger partial charge on any atom is -0.395 e. The summed E-state index contributed by atoms with van der Waals surface area (Å²) < 4.78 is 0. The molecule has 0 aliphatic heterocycles. The maximum Gasteiger partial charge on any atom is 0.222 e. The van der Waals surface area contributed by atoms with Crippen LogP contribution in [0.4, 0.5) is 0 Å². The molecule has 3 nitrogen and oxygen atoms in total. The van der Waals surface area contributed by atoms with Gasteiger partial charge in [0.1, 0.15) is 0 Å². The fourth-order valence-corrected chi connectivity index (χ4v) is 2.58. The Bertz CT molecular complexity index is 231. The van der Waals surface area contributed by atoms with Crippen molar-refractivity contribution in [3.63, 3.8) is 0 Å². The molecule has 0 atom stereocenters. The van der Waals surface area contributed by atoms with E-state index in [1.54, 1.807) is 0 Å². The first-order valence-electron chi connectivity index (χ1n) is 9.14. The van der Waals surface area contributed by atoms with Crippen molar-refractivity contribution < 1.29 is 9.90 Å². The summed E-state index contributed by atoms with van der Waals surface area (Å²) in [5.41, 5.74) is 0. The zero-order chi connectivity index (χ0) is 15.8. The van der Waals surface area contributed by atoms with E-state index in [-0.39, 0.29) is 12.5 Å². The molecule has 0 saturated carbocycles. The van der Waals surface area contributed by atoms with Crippen LogP contribution in [0, 0.1) is 0 Å². The van der Waals surface area contributed by atoms with Crippen LogP contribution < -0.4 is 0 Å². The van der Waals surface area contributed by atoms with Gasteiger partial charge in [-0.3, -0.25) is 4.79 Å². The second kappa shape index (κ2) is 15.8. The van der Waals surface area contributed by atoms with Gasteiger partial charge in [0.25, 0.3) is 0 Å². The van der Waals surface area contributed by atoms with Crippen LogP contribution in [0.2, 0.25) is 0 Å². The molecule has 1 amide bonds. The fourth-order valence-electron chi connectivity index (χ4n) is 2.58. The Hall–Kier alpha value is -0.570. The molecule has 0 aromatic heterocycles. The Morgan fingerprint density at radius 2 is 1.29 bits per heavy atom. The molecule has 0 bridgehead atoms. The Morgan fingerprint density at radius 1 is 0.762 bits per heavy atom. The van der Waals surface area contributed by atoms with Gasteiger partial charge >= 0.3 is 0 Å². The molecule has 0 radical (unpaired) electrons. The number of carbonyl (C=O) groups excluding carboxylic acids is 1. The van der Waals surface area contributed by atoms with Gasteiger partial charge in [-0.25, -0.2) is 0 Å². The molecule has 0 saturated heterocycles. The number of unbranched alkanes of at least 4 members (excludes halogenated alkanes) is 9. The number of hydrogen-bond donors (Lipinski definition) is 1. The van der Waals surface area contributed by atoms with Gasteiger partial charge in [-0.1, -0.05) is 71.6 Å². The van der Waals surface area contributed by atoms with Crippen molar-refractivity contribution in [3.05, 3.63) is 0 Å². The molecule has 126 valence electrons. The van der Waals surface area contributed by atoms with E-state index < -0.39 is 0 Å². The van der Waals surface area contributed by atoms with Crippen molar-refractivity contribution in [2.45, 2.75) is 90.9 Å². The van der Waals surface area contributed by atoms with E-state index in [0.717, 1.165) is 25.8 Å². The van der Waals surface area contributed by atoms with Crippen LogP contribution in [-0.2, 0) is 4.79 Å². The van der Waals surface area contributed by atoms with Crippen LogP contribution in [0.1, 0.15) is 90.9 Å². The standard InChI is InChI=1S/C18H37NO2/c1-3-5-7-8-9-10-11-12-13-14-18(21)19(16-17-20)15-6-4-2/h20H,3-17H2,1-2H3. The summed E-state index contributed by atoms with van der Waals surface area (Å²) in [5, 5.41) is 9.02. The number of hydrogen-bond acceptors (Lipinski definition) is 2. The predicted molar refractivity (Wildman–Crippen MR) is 90.4 cm³/mol. The number of rotatable bonds is 15. The normalized spacial score (nSPS) is 10.8. The minimum atomic E-state index is 0.0766. The lowest BCUT2D eigenvalue weighted by Gasteiger charge is -2.21. The number of nitrogens with zero attached hydrogens (tertiary/aromatic N) is 1. The summed E-state index contributed by atoms with van der Waals surface area (Å²) in [6.07, 6.45) is 14.3. The number of amides is 1. The van der Waals surface area contributed by atoms with Crippen molar-refractivity contribution in [2.24, 2.45) is 0 Å². The van der Waals surface area contributed by atoms with Crippen molar-refractivity contribution in [1.29, 1.82) is 0 Å². The molecule has 0 unspecified atom stereocenters. The molecule has 3 heteroatoms. The second-order valence-corrected chi connectivity index (χ2v) is 6.04. The van der Waals surface area contributed by atoms with Gasteiger partial charge in [-0.15, -0.1) is 0 Å². The van der Waals surface area contributed by atoms with Gasteiger partial charge in [-0.05, 0) is 12.8 Å².